The van der Waals surface area contributed by atoms with Crippen molar-refractivity contribution >= 4 is 10.0 Å². The molecule has 3 rings (SSSR count). The molecule has 0 radical (unpaired) electrons. The quantitative estimate of drug-likeness (QED) is 0.904. The average Bonchev–Trinajstić information content (AvgIpc) is 2.63. The van der Waals surface area contributed by atoms with Crippen LogP contribution in [0.5, 0.6) is 0 Å². The van der Waals surface area contributed by atoms with Crippen LogP contribution in [0.25, 0.3) is 11.1 Å². The number of aromatic nitrogens is 1. The van der Waals surface area contributed by atoms with E-state index in [0.717, 1.165) is 16.7 Å². The van der Waals surface area contributed by atoms with Crippen LogP contribution in [-0.4, -0.2) is 31.9 Å². The van der Waals surface area contributed by atoms with Crippen LogP contribution in [-0.2, 0) is 14.8 Å². The summed E-state index contributed by atoms with van der Waals surface area (Å²) in [5.41, 5.74) is 3.05. The molecule has 128 valence electrons. The fourth-order valence-corrected chi connectivity index (χ4v) is 4.53. The summed E-state index contributed by atoms with van der Waals surface area (Å²) in [5.74, 6) is 0. The molecule has 0 spiro atoms. The molecule has 0 bridgehead atoms. The SMILES string of the molecule is C[C@H](NS(=O)(=O)C1CCOCC1)c1ccc(-c2cccnc2)cc1. The van der Waals surface area contributed by atoms with Crippen molar-refractivity contribution in [3.63, 3.8) is 0 Å². The van der Waals surface area contributed by atoms with Gasteiger partial charge in [0.25, 0.3) is 0 Å². The van der Waals surface area contributed by atoms with Gasteiger partial charge in [-0.2, -0.15) is 0 Å². The first-order valence-corrected chi connectivity index (χ1v) is 9.70. The second kappa shape index (κ2) is 7.42. The predicted octanol–water partition coefficient (Wildman–Crippen LogP) is 2.91. The van der Waals surface area contributed by atoms with E-state index in [2.05, 4.69) is 9.71 Å². The third kappa shape index (κ3) is 4.01. The first-order chi connectivity index (χ1) is 11.6. The highest BCUT2D eigenvalue weighted by Gasteiger charge is 2.29. The van der Waals surface area contributed by atoms with E-state index in [1.54, 1.807) is 6.20 Å². The zero-order chi connectivity index (χ0) is 17.0. The molecule has 0 amide bonds. The molecule has 1 atom stereocenters. The zero-order valence-electron chi connectivity index (χ0n) is 13.7. The van der Waals surface area contributed by atoms with Crippen molar-refractivity contribution in [3.05, 3.63) is 54.4 Å². The maximum atomic E-state index is 12.5. The van der Waals surface area contributed by atoms with Gasteiger partial charge in [-0.15, -0.1) is 0 Å². The number of ether oxygens (including phenoxy) is 1. The maximum absolute atomic E-state index is 12.5. The number of sulfonamides is 1. The Balaban J connectivity index is 1.70. The van der Waals surface area contributed by atoms with Crippen LogP contribution in [0.3, 0.4) is 0 Å². The Morgan fingerprint density at radius 3 is 2.46 bits per heavy atom. The smallest absolute Gasteiger partial charge is 0.215 e. The number of pyridine rings is 1. The van der Waals surface area contributed by atoms with Gasteiger partial charge >= 0.3 is 0 Å². The van der Waals surface area contributed by atoms with E-state index in [1.165, 1.54) is 0 Å². The molecule has 0 aliphatic carbocycles. The molecule has 1 saturated heterocycles. The third-order valence-electron chi connectivity index (χ3n) is 4.35. The lowest BCUT2D eigenvalue weighted by Gasteiger charge is -2.24. The van der Waals surface area contributed by atoms with E-state index in [0.29, 0.717) is 26.1 Å². The summed E-state index contributed by atoms with van der Waals surface area (Å²) in [7, 11) is -3.33. The predicted molar refractivity (Wildman–Crippen MR) is 94.0 cm³/mol. The van der Waals surface area contributed by atoms with Gasteiger partial charge in [0.2, 0.25) is 10.0 Å². The molecule has 1 aromatic carbocycles. The highest BCUT2D eigenvalue weighted by molar-refractivity contribution is 7.90. The molecule has 1 aliphatic heterocycles. The van der Waals surface area contributed by atoms with E-state index < -0.39 is 10.0 Å². The highest BCUT2D eigenvalue weighted by Crippen LogP contribution is 2.23. The summed E-state index contributed by atoms with van der Waals surface area (Å²) < 4.78 is 33.0. The maximum Gasteiger partial charge on any atom is 0.215 e. The molecule has 5 nitrogen and oxygen atoms in total. The Hall–Kier alpha value is -1.76. The van der Waals surface area contributed by atoms with Crippen LogP contribution in [0, 0.1) is 0 Å². The van der Waals surface area contributed by atoms with Gasteiger partial charge in [0.15, 0.2) is 0 Å². The molecule has 0 saturated carbocycles. The highest BCUT2D eigenvalue weighted by atomic mass is 32.2. The molecule has 6 heteroatoms. The molecule has 1 aliphatic rings. The fraction of sp³-hybridized carbons (Fsp3) is 0.389. The van der Waals surface area contributed by atoms with Gasteiger partial charge in [-0.25, -0.2) is 13.1 Å². The van der Waals surface area contributed by atoms with Crippen molar-refractivity contribution in [1.82, 2.24) is 9.71 Å². The van der Waals surface area contributed by atoms with Crippen LogP contribution in [0.4, 0.5) is 0 Å². The second-order valence-corrected chi connectivity index (χ2v) is 8.05. The van der Waals surface area contributed by atoms with Crippen LogP contribution in [0.1, 0.15) is 31.4 Å². The second-order valence-electron chi connectivity index (χ2n) is 6.06. The number of rotatable bonds is 5. The lowest BCUT2D eigenvalue weighted by Crippen LogP contribution is -2.39. The monoisotopic (exact) mass is 346 g/mol. The minimum Gasteiger partial charge on any atom is -0.381 e. The van der Waals surface area contributed by atoms with E-state index >= 15 is 0 Å². The van der Waals surface area contributed by atoms with Crippen molar-refractivity contribution in [2.24, 2.45) is 0 Å². The first-order valence-electron chi connectivity index (χ1n) is 8.15. The van der Waals surface area contributed by atoms with Crippen molar-refractivity contribution in [2.45, 2.75) is 31.1 Å². The number of nitrogens with one attached hydrogen (secondary N) is 1. The van der Waals surface area contributed by atoms with Gasteiger partial charge in [-0.3, -0.25) is 4.98 Å². The summed E-state index contributed by atoms with van der Waals surface area (Å²) in [5, 5.41) is -0.358. The number of hydrogen-bond acceptors (Lipinski definition) is 4. The van der Waals surface area contributed by atoms with Gasteiger partial charge < -0.3 is 4.74 Å². The van der Waals surface area contributed by atoms with Gasteiger partial charge in [0.1, 0.15) is 0 Å². The molecule has 2 aromatic rings. The Labute approximate surface area is 143 Å². The van der Waals surface area contributed by atoms with Gasteiger partial charge in [-0.05, 0) is 42.5 Å². The molecular weight excluding hydrogens is 324 g/mol. The zero-order valence-corrected chi connectivity index (χ0v) is 14.5. The van der Waals surface area contributed by atoms with E-state index in [4.69, 9.17) is 4.74 Å². The fourth-order valence-electron chi connectivity index (χ4n) is 2.89. The number of nitrogens with zero attached hydrogens (tertiary/aromatic N) is 1. The molecule has 2 heterocycles. The summed E-state index contributed by atoms with van der Waals surface area (Å²) in [6, 6.07) is 11.5. The number of benzene rings is 1. The number of hydrogen-bond donors (Lipinski definition) is 1. The van der Waals surface area contributed by atoms with Gasteiger partial charge in [-0.1, -0.05) is 30.3 Å². The summed E-state index contributed by atoms with van der Waals surface area (Å²) in [4.78, 5) is 4.12. The summed E-state index contributed by atoms with van der Waals surface area (Å²) in [6.07, 6.45) is 4.67. The van der Waals surface area contributed by atoms with E-state index in [1.807, 2.05) is 49.5 Å². The minimum atomic E-state index is -3.33. The molecule has 1 aromatic heterocycles. The average molecular weight is 346 g/mol. The third-order valence-corrected chi connectivity index (χ3v) is 6.38. The van der Waals surface area contributed by atoms with E-state index in [9.17, 15) is 8.42 Å². The summed E-state index contributed by atoms with van der Waals surface area (Å²) in [6.45, 7) is 2.90. The van der Waals surface area contributed by atoms with Crippen LogP contribution >= 0.6 is 0 Å². The Kier molecular flexibility index (Phi) is 5.28. The lowest BCUT2D eigenvalue weighted by molar-refractivity contribution is 0.0981. The van der Waals surface area contributed by atoms with Gasteiger partial charge in [0, 0.05) is 31.6 Å². The Bertz CT molecular complexity index is 755. The minimum absolute atomic E-state index is 0.263. The van der Waals surface area contributed by atoms with Gasteiger partial charge in [0.05, 0.1) is 5.25 Å². The molecular formula is C18H22N2O3S. The Morgan fingerprint density at radius 1 is 1.12 bits per heavy atom. The largest absolute Gasteiger partial charge is 0.381 e. The first kappa shape index (κ1) is 17.1. The van der Waals surface area contributed by atoms with Crippen LogP contribution in [0.15, 0.2) is 48.8 Å². The standard InChI is InChI=1S/C18H22N2O3S/c1-14(20-24(21,22)18-8-11-23-12-9-18)15-4-6-16(7-5-15)17-3-2-10-19-13-17/h2-7,10,13-14,18,20H,8-9,11-12H2,1H3/t14-/m0/s1. The van der Waals surface area contributed by atoms with Crippen LogP contribution < -0.4 is 4.72 Å². The summed E-state index contributed by atoms with van der Waals surface area (Å²) >= 11 is 0. The molecule has 0 unspecified atom stereocenters. The van der Waals surface area contributed by atoms with Crippen molar-refractivity contribution in [2.75, 3.05) is 13.2 Å². The van der Waals surface area contributed by atoms with Crippen molar-refractivity contribution in [1.29, 1.82) is 0 Å². The normalized spacial score (nSPS) is 17.5. The molecule has 1 fully saturated rings. The van der Waals surface area contributed by atoms with Crippen LogP contribution in [0.2, 0.25) is 0 Å². The molecule has 24 heavy (non-hydrogen) atoms. The lowest BCUT2D eigenvalue weighted by atomic mass is 10.0. The van der Waals surface area contributed by atoms with Crippen molar-refractivity contribution < 1.29 is 13.2 Å². The molecule has 1 N–H and O–H groups in total. The van der Waals surface area contributed by atoms with E-state index in [-0.39, 0.29) is 11.3 Å². The topological polar surface area (TPSA) is 68.3 Å². The van der Waals surface area contributed by atoms with Crippen molar-refractivity contribution in [3.8, 4) is 11.1 Å². The Morgan fingerprint density at radius 2 is 1.83 bits per heavy atom.